The number of benzene rings is 1. The number of ether oxygens (including phenoxy) is 1. The molecule has 0 aliphatic rings. The first-order valence-corrected chi connectivity index (χ1v) is 4.74. The Labute approximate surface area is 92.8 Å². The summed E-state index contributed by atoms with van der Waals surface area (Å²) in [5, 5.41) is 6.13. The Hall–Kier alpha value is -2.20. The number of amides is 1. The quantitative estimate of drug-likeness (QED) is 0.480. The van der Waals surface area contributed by atoms with E-state index in [4.69, 9.17) is 10.3 Å². The highest BCUT2D eigenvalue weighted by atomic mass is 16.5. The number of rotatable bonds is 4. The van der Waals surface area contributed by atoms with Crippen LogP contribution in [0.25, 0.3) is 10.4 Å². The molecule has 0 aliphatic heterocycles. The zero-order valence-corrected chi connectivity index (χ0v) is 9.10. The number of methoxy groups -OCH3 is 1. The molecule has 1 amide bonds. The van der Waals surface area contributed by atoms with Crippen LogP contribution in [0.3, 0.4) is 0 Å². The molecule has 0 unspecified atom stereocenters. The fraction of sp³-hybridized carbons (Fsp3) is 0.300. The molecule has 0 saturated heterocycles. The van der Waals surface area contributed by atoms with Crippen molar-refractivity contribution in [3.63, 3.8) is 0 Å². The van der Waals surface area contributed by atoms with Crippen LogP contribution < -0.4 is 10.1 Å². The van der Waals surface area contributed by atoms with E-state index in [0.717, 1.165) is 0 Å². The minimum atomic E-state index is -0.139. The summed E-state index contributed by atoms with van der Waals surface area (Å²) in [6, 6.07) is 4.88. The van der Waals surface area contributed by atoms with Crippen LogP contribution in [0.15, 0.2) is 23.3 Å². The molecule has 0 saturated carbocycles. The number of carbonyl (C=O) groups excluding carboxylic acids is 1. The first kappa shape index (κ1) is 11.9. The van der Waals surface area contributed by atoms with Gasteiger partial charge in [-0.2, -0.15) is 0 Å². The molecule has 0 spiro atoms. The lowest BCUT2D eigenvalue weighted by Gasteiger charge is -2.08. The van der Waals surface area contributed by atoms with Crippen molar-refractivity contribution in [2.24, 2.45) is 5.11 Å². The number of anilines is 1. The minimum Gasteiger partial charge on any atom is -0.497 e. The van der Waals surface area contributed by atoms with Crippen molar-refractivity contribution < 1.29 is 9.53 Å². The average Bonchev–Trinajstić information content (AvgIpc) is 2.31. The molecule has 0 aliphatic carbocycles. The molecule has 84 valence electrons. The predicted molar refractivity (Wildman–Crippen MR) is 60.7 cm³/mol. The van der Waals surface area contributed by atoms with Gasteiger partial charge in [0.2, 0.25) is 5.91 Å². The largest absolute Gasteiger partial charge is 0.497 e. The number of nitrogens with one attached hydrogen (secondary N) is 1. The Morgan fingerprint density at radius 3 is 2.94 bits per heavy atom. The number of azide groups is 1. The maximum absolute atomic E-state index is 11.2. The van der Waals surface area contributed by atoms with Gasteiger partial charge in [-0.05, 0) is 23.7 Å². The van der Waals surface area contributed by atoms with Gasteiger partial charge in [0.25, 0.3) is 0 Å². The summed E-state index contributed by atoms with van der Waals surface area (Å²) in [5.41, 5.74) is 9.22. The monoisotopic (exact) mass is 220 g/mol. The third-order valence-corrected chi connectivity index (χ3v) is 1.95. The van der Waals surface area contributed by atoms with Crippen molar-refractivity contribution in [3.05, 3.63) is 28.6 Å². The molecule has 0 radical (unpaired) electrons. The molecule has 0 heterocycles. The van der Waals surface area contributed by atoms with E-state index in [1.165, 1.54) is 7.11 Å². The molecule has 0 fully saturated rings. The Bertz CT molecular complexity index is 438. The highest BCUT2D eigenvalue weighted by Crippen LogP contribution is 2.29. The van der Waals surface area contributed by atoms with Crippen LogP contribution in [0.5, 0.6) is 5.75 Å². The van der Waals surface area contributed by atoms with Gasteiger partial charge < -0.3 is 10.1 Å². The van der Waals surface area contributed by atoms with Gasteiger partial charge in [-0.25, -0.2) is 0 Å². The summed E-state index contributed by atoms with van der Waals surface area (Å²) in [6.45, 7) is 1.74. The van der Waals surface area contributed by atoms with Crippen molar-refractivity contribution in [1.82, 2.24) is 0 Å². The summed E-state index contributed by atoms with van der Waals surface area (Å²) in [7, 11) is 1.51. The van der Waals surface area contributed by atoms with Crippen molar-refractivity contribution in [2.45, 2.75) is 13.3 Å². The van der Waals surface area contributed by atoms with Crippen molar-refractivity contribution >= 4 is 17.3 Å². The van der Waals surface area contributed by atoms with Gasteiger partial charge in [0.1, 0.15) is 5.75 Å². The number of hydrogen-bond acceptors (Lipinski definition) is 3. The van der Waals surface area contributed by atoms with E-state index >= 15 is 0 Å². The second-order valence-corrected chi connectivity index (χ2v) is 2.97. The maximum atomic E-state index is 11.2. The van der Waals surface area contributed by atoms with Crippen LogP contribution in [-0.4, -0.2) is 13.0 Å². The summed E-state index contributed by atoms with van der Waals surface area (Å²) >= 11 is 0. The molecule has 1 aromatic carbocycles. The smallest absolute Gasteiger partial charge is 0.224 e. The summed E-state index contributed by atoms with van der Waals surface area (Å²) in [5.74, 6) is 0.427. The van der Waals surface area contributed by atoms with Crippen LogP contribution >= 0.6 is 0 Å². The standard InChI is InChI=1S/C10H12N4O2/c1-3-10(15)12-8-5-4-7(16-2)6-9(8)13-14-11/h4-6H,3H2,1-2H3,(H,12,15). The summed E-state index contributed by atoms with van der Waals surface area (Å²) in [6.07, 6.45) is 0.363. The number of hydrogen-bond donors (Lipinski definition) is 1. The SMILES string of the molecule is CCC(=O)Nc1ccc(OC)cc1N=[N+]=[N-]. The molecular weight excluding hydrogens is 208 g/mol. The fourth-order valence-electron chi connectivity index (χ4n) is 1.11. The number of nitrogens with zero attached hydrogens (tertiary/aromatic N) is 3. The number of carbonyl (C=O) groups is 1. The maximum Gasteiger partial charge on any atom is 0.224 e. The van der Waals surface area contributed by atoms with Gasteiger partial charge in [0, 0.05) is 11.3 Å². The average molecular weight is 220 g/mol. The van der Waals surface area contributed by atoms with Crippen LogP contribution in [0.2, 0.25) is 0 Å². The topological polar surface area (TPSA) is 87.1 Å². The lowest BCUT2D eigenvalue weighted by molar-refractivity contribution is -0.115. The Morgan fingerprint density at radius 2 is 2.38 bits per heavy atom. The molecule has 0 bridgehead atoms. The van der Waals surface area contributed by atoms with Crippen LogP contribution in [0, 0.1) is 0 Å². The second kappa shape index (κ2) is 5.63. The summed E-state index contributed by atoms with van der Waals surface area (Å²) in [4.78, 5) is 13.9. The molecule has 6 nitrogen and oxygen atoms in total. The van der Waals surface area contributed by atoms with Gasteiger partial charge in [-0.1, -0.05) is 12.0 Å². The zero-order chi connectivity index (χ0) is 12.0. The first-order valence-electron chi connectivity index (χ1n) is 4.74. The molecule has 0 aromatic heterocycles. The minimum absolute atomic E-state index is 0.139. The zero-order valence-electron chi connectivity index (χ0n) is 9.10. The van der Waals surface area contributed by atoms with E-state index in [1.807, 2.05) is 0 Å². The molecule has 1 aromatic rings. The predicted octanol–water partition coefficient (Wildman–Crippen LogP) is 2.99. The highest BCUT2D eigenvalue weighted by molar-refractivity contribution is 5.93. The molecule has 0 atom stereocenters. The lowest BCUT2D eigenvalue weighted by Crippen LogP contribution is -2.09. The van der Waals surface area contributed by atoms with Crippen LogP contribution in [0.4, 0.5) is 11.4 Å². The van der Waals surface area contributed by atoms with E-state index < -0.39 is 0 Å². The van der Waals surface area contributed by atoms with E-state index in [2.05, 4.69) is 15.3 Å². The third-order valence-electron chi connectivity index (χ3n) is 1.95. The third kappa shape index (κ3) is 2.90. The van der Waals surface area contributed by atoms with Crippen molar-refractivity contribution in [2.75, 3.05) is 12.4 Å². The molecule has 1 rings (SSSR count). The van der Waals surface area contributed by atoms with Gasteiger partial charge in [-0.3, -0.25) is 4.79 Å². The molecule has 1 N–H and O–H groups in total. The normalized spacial score (nSPS) is 9.12. The molecule has 6 heteroatoms. The lowest BCUT2D eigenvalue weighted by atomic mass is 10.2. The fourth-order valence-corrected chi connectivity index (χ4v) is 1.11. The van der Waals surface area contributed by atoms with Gasteiger partial charge in [0.15, 0.2) is 0 Å². The van der Waals surface area contributed by atoms with Gasteiger partial charge >= 0.3 is 0 Å². The van der Waals surface area contributed by atoms with Crippen molar-refractivity contribution in [3.8, 4) is 5.75 Å². The second-order valence-electron chi connectivity index (χ2n) is 2.97. The van der Waals surface area contributed by atoms with Crippen molar-refractivity contribution in [1.29, 1.82) is 0 Å². The van der Waals surface area contributed by atoms with E-state index in [1.54, 1.807) is 25.1 Å². The Balaban J connectivity index is 3.07. The van der Waals surface area contributed by atoms with Gasteiger partial charge in [0.05, 0.1) is 18.5 Å². The Morgan fingerprint density at radius 1 is 1.62 bits per heavy atom. The first-order chi connectivity index (χ1) is 7.71. The molecule has 16 heavy (non-hydrogen) atoms. The van der Waals surface area contributed by atoms with Gasteiger partial charge in [-0.15, -0.1) is 0 Å². The van der Waals surface area contributed by atoms with E-state index in [-0.39, 0.29) is 5.91 Å². The Kier molecular flexibility index (Phi) is 4.17. The van der Waals surface area contributed by atoms with Crippen LogP contribution in [-0.2, 0) is 4.79 Å². The summed E-state index contributed by atoms with van der Waals surface area (Å²) < 4.78 is 4.99. The van der Waals surface area contributed by atoms with Crippen LogP contribution in [0.1, 0.15) is 13.3 Å². The van der Waals surface area contributed by atoms with E-state index in [0.29, 0.717) is 23.5 Å². The highest BCUT2D eigenvalue weighted by Gasteiger charge is 2.05. The van der Waals surface area contributed by atoms with E-state index in [9.17, 15) is 4.79 Å². The molecular formula is C10H12N4O2.